The number of hydrogen-bond donors (Lipinski definition) is 1. The van der Waals surface area contributed by atoms with Gasteiger partial charge in [0.1, 0.15) is 0 Å². The zero-order chi connectivity index (χ0) is 14.7. The molecule has 1 fully saturated rings. The first-order valence-corrected chi connectivity index (χ1v) is 7.37. The summed E-state index contributed by atoms with van der Waals surface area (Å²) in [5, 5.41) is 9.04. The van der Waals surface area contributed by atoms with Crippen LogP contribution in [0.1, 0.15) is 12.8 Å². The van der Waals surface area contributed by atoms with Gasteiger partial charge in [-0.05, 0) is 36.1 Å². The van der Waals surface area contributed by atoms with Gasteiger partial charge in [0.25, 0.3) is 0 Å². The second-order valence-electron chi connectivity index (χ2n) is 5.51. The lowest BCUT2D eigenvalue weighted by molar-refractivity contribution is -0.142. The molecule has 1 aliphatic rings. The topological polar surface area (TPSA) is 40.5 Å². The summed E-state index contributed by atoms with van der Waals surface area (Å²) < 4.78 is 0. The highest BCUT2D eigenvalue weighted by Gasteiger charge is 2.24. The molecule has 1 heterocycles. The molecule has 0 aromatic heterocycles. The van der Waals surface area contributed by atoms with Gasteiger partial charge in [-0.15, -0.1) is 0 Å². The third kappa shape index (κ3) is 3.07. The van der Waals surface area contributed by atoms with Gasteiger partial charge in [0.2, 0.25) is 0 Å². The van der Waals surface area contributed by atoms with Gasteiger partial charge in [-0.3, -0.25) is 4.79 Å². The number of carboxylic acid groups (broad SMARTS) is 1. The Bertz CT molecular complexity index is 599. The van der Waals surface area contributed by atoms with Gasteiger partial charge in [-0.2, -0.15) is 0 Å². The second-order valence-corrected chi connectivity index (χ2v) is 5.51. The van der Waals surface area contributed by atoms with E-state index in [1.807, 2.05) is 18.2 Å². The average Bonchev–Trinajstić information content (AvgIpc) is 2.56. The SMILES string of the molecule is O=C(O)C1CCN(c2ccc(-c3ccccc3)cc2)CC1. The molecule has 0 saturated carbocycles. The highest BCUT2D eigenvalue weighted by molar-refractivity contribution is 5.71. The van der Waals surface area contributed by atoms with Crippen LogP contribution in [-0.4, -0.2) is 24.2 Å². The number of piperidine rings is 1. The van der Waals surface area contributed by atoms with E-state index in [9.17, 15) is 4.79 Å². The molecular weight excluding hydrogens is 262 g/mol. The second kappa shape index (κ2) is 6.00. The molecule has 0 atom stereocenters. The Balaban J connectivity index is 1.69. The van der Waals surface area contributed by atoms with Crippen molar-refractivity contribution in [3.63, 3.8) is 0 Å². The minimum Gasteiger partial charge on any atom is -0.481 e. The minimum atomic E-state index is -0.658. The summed E-state index contributed by atoms with van der Waals surface area (Å²) in [7, 11) is 0. The third-order valence-corrected chi connectivity index (χ3v) is 4.18. The fraction of sp³-hybridized carbons (Fsp3) is 0.278. The zero-order valence-electron chi connectivity index (χ0n) is 11.9. The van der Waals surface area contributed by atoms with E-state index in [4.69, 9.17) is 5.11 Å². The maximum absolute atomic E-state index is 11.0. The van der Waals surface area contributed by atoms with E-state index in [2.05, 4.69) is 41.3 Å². The number of carboxylic acids is 1. The molecule has 0 amide bonds. The Labute approximate surface area is 124 Å². The molecule has 0 unspecified atom stereocenters. The van der Waals surface area contributed by atoms with Crippen LogP contribution in [0.15, 0.2) is 54.6 Å². The van der Waals surface area contributed by atoms with Crippen molar-refractivity contribution in [2.24, 2.45) is 5.92 Å². The molecule has 0 bridgehead atoms. The molecule has 1 aliphatic heterocycles. The molecule has 3 nitrogen and oxygen atoms in total. The first-order valence-electron chi connectivity index (χ1n) is 7.37. The normalized spacial score (nSPS) is 15.9. The van der Waals surface area contributed by atoms with Crippen molar-refractivity contribution < 1.29 is 9.90 Å². The van der Waals surface area contributed by atoms with Gasteiger partial charge in [0, 0.05) is 18.8 Å². The van der Waals surface area contributed by atoms with Crippen LogP contribution < -0.4 is 4.90 Å². The summed E-state index contributed by atoms with van der Waals surface area (Å²) in [6.45, 7) is 1.64. The Morgan fingerprint density at radius 1 is 0.905 bits per heavy atom. The number of rotatable bonds is 3. The quantitative estimate of drug-likeness (QED) is 0.933. The van der Waals surface area contributed by atoms with Gasteiger partial charge in [0.15, 0.2) is 0 Å². The Kier molecular flexibility index (Phi) is 3.91. The highest BCUT2D eigenvalue weighted by Crippen LogP contribution is 2.26. The lowest BCUT2D eigenvalue weighted by Crippen LogP contribution is -2.36. The van der Waals surface area contributed by atoms with Gasteiger partial charge < -0.3 is 10.0 Å². The smallest absolute Gasteiger partial charge is 0.306 e. The molecule has 0 spiro atoms. The average molecular weight is 281 g/mol. The summed E-state index contributed by atoms with van der Waals surface area (Å²) in [4.78, 5) is 13.3. The number of aliphatic carboxylic acids is 1. The lowest BCUT2D eigenvalue weighted by atomic mass is 9.96. The molecule has 0 radical (unpaired) electrons. The molecule has 21 heavy (non-hydrogen) atoms. The van der Waals surface area contributed by atoms with Gasteiger partial charge >= 0.3 is 5.97 Å². The number of benzene rings is 2. The maximum Gasteiger partial charge on any atom is 0.306 e. The van der Waals surface area contributed by atoms with Gasteiger partial charge in [-0.25, -0.2) is 0 Å². The van der Waals surface area contributed by atoms with Crippen LogP contribution in [0.4, 0.5) is 5.69 Å². The highest BCUT2D eigenvalue weighted by atomic mass is 16.4. The standard InChI is InChI=1S/C18H19NO2/c20-18(21)16-10-12-19(13-11-16)17-8-6-15(7-9-17)14-4-2-1-3-5-14/h1-9,16H,10-13H2,(H,20,21). The predicted octanol–water partition coefficient (Wildman–Crippen LogP) is 3.65. The first-order chi connectivity index (χ1) is 10.2. The van der Waals surface area contributed by atoms with Crippen molar-refractivity contribution >= 4 is 11.7 Å². The summed E-state index contributed by atoms with van der Waals surface area (Å²) >= 11 is 0. The van der Waals surface area contributed by atoms with Gasteiger partial charge in [0.05, 0.1) is 5.92 Å². The van der Waals surface area contributed by atoms with E-state index in [0.717, 1.165) is 25.9 Å². The Hall–Kier alpha value is -2.29. The van der Waals surface area contributed by atoms with Crippen LogP contribution in [0.25, 0.3) is 11.1 Å². The molecule has 3 rings (SSSR count). The Morgan fingerprint density at radius 2 is 1.48 bits per heavy atom. The minimum absolute atomic E-state index is 0.176. The molecule has 2 aromatic rings. The van der Waals surface area contributed by atoms with Crippen LogP contribution >= 0.6 is 0 Å². The molecule has 2 aromatic carbocycles. The largest absolute Gasteiger partial charge is 0.481 e. The number of nitrogens with zero attached hydrogens (tertiary/aromatic N) is 1. The van der Waals surface area contributed by atoms with Crippen molar-refractivity contribution in [1.82, 2.24) is 0 Å². The number of hydrogen-bond acceptors (Lipinski definition) is 2. The zero-order valence-corrected chi connectivity index (χ0v) is 11.9. The first kappa shape index (κ1) is 13.7. The van der Waals surface area contributed by atoms with Crippen LogP contribution in [-0.2, 0) is 4.79 Å². The monoisotopic (exact) mass is 281 g/mol. The molecular formula is C18H19NO2. The van der Waals surface area contributed by atoms with E-state index in [0.29, 0.717) is 0 Å². The lowest BCUT2D eigenvalue weighted by Gasteiger charge is -2.32. The molecule has 1 saturated heterocycles. The number of carbonyl (C=O) groups is 1. The van der Waals surface area contributed by atoms with E-state index in [1.165, 1.54) is 16.8 Å². The summed E-state index contributed by atoms with van der Waals surface area (Å²) in [5.74, 6) is -0.834. The molecule has 0 aliphatic carbocycles. The predicted molar refractivity (Wildman–Crippen MR) is 84.5 cm³/mol. The summed E-state index contributed by atoms with van der Waals surface area (Å²) in [6.07, 6.45) is 1.46. The summed E-state index contributed by atoms with van der Waals surface area (Å²) in [6, 6.07) is 18.8. The van der Waals surface area contributed by atoms with E-state index >= 15 is 0 Å². The maximum atomic E-state index is 11.0. The van der Waals surface area contributed by atoms with Crippen molar-refractivity contribution in [3.8, 4) is 11.1 Å². The summed E-state index contributed by atoms with van der Waals surface area (Å²) in [5.41, 5.74) is 3.60. The van der Waals surface area contributed by atoms with E-state index in [-0.39, 0.29) is 5.92 Å². The van der Waals surface area contributed by atoms with E-state index < -0.39 is 5.97 Å². The molecule has 108 valence electrons. The van der Waals surface area contributed by atoms with Crippen molar-refractivity contribution in [2.45, 2.75) is 12.8 Å². The molecule has 3 heteroatoms. The van der Waals surface area contributed by atoms with Crippen LogP contribution in [0, 0.1) is 5.92 Å². The van der Waals surface area contributed by atoms with Crippen LogP contribution in [0.3, 0.4) is 0 Å². The van der Waals surface area contributed by atoms with Crippen LogP contribution in [0.2, 0.25) is 0 Å². The van der Waals surface area contributed by atoms with E-state index in [1.54, 1.807) is 0 Å². The Morgan fingerprint density at radius 3 is 2.05 bits per heavy atom. The van der Waals surface area contributed by atoms with Crippen molar-refractivity contribution in [3.05, 3.63) is 54.6 Å². The van der Waals surface area contributed by atoms with Crippen molar-refractivity contribution in [1.29, 1.82) is 0 Å². The van der Waals surface area contributed by atoms with Crippen LogP contribution in [0.5, 0.6) is 0 Å². The fourth-order valence-corrected chi connectivity index (χ4v) is 2.88. The third-order valence-electron chi connectivity index (χ3n) is 4.18. The molecule has 1 N–H and O–H groups in total. The number of anilines is 1. The fourth-order valence-electron chi connectivity index (χ4n) is 2.88. The van der Waals surface area contributed by atoms with Gasteiger partial charge in [-0.1, -0.05) is 42.5 Å². The van der Waals surface area contributed by atoms with Crippen molar-refractivity contribution in [2.75, 3.05) is 18.0 Å².